The molecule has 1 rings (SSSR count). The quantitative estimate of drug-likeness (QED) is 0.469. The van der Waals surface area contributed by atoms with Crippen LogP contribution in [-0.2, 0) is 11.8 Å². The van der Waals surface area contributed by atoms with Gasteiger partial charge >= 0.3 is 13.1 Å². The molecule has 0 spiro atoms. The molecule has 8 heteroatoms. The lowest BCUT2D eigenvalue weighted by Crippen LogP contribution is -2.37. The summed E-state index contributed by atoms with van der Waals surface area (Å²) in [5.74, 6) is -0.733. The Kier molecular flexibility index (Phi) is 3.34. The molecule has 0 aromatic carbocycles. The number of hydrogen-bond donors (Lipinski definition) is 2. The highest BCUT2D eigenvalue weighted by atomic mass is 16.6. The van der Waals surface area contributed by atoms with Gasteiger partial charge in [-0.15, -0.1) is 5.10 Å². The van der Waals surface area contributed by atoms with Crippen molar-refractivity contribution in [1.82, 2.24) is 15.0 Å². The van der Waals surface area contributed by atoms with Gasteiger partial charge in [-0.05, 0) is 20.8 Å². The number of aromatic nitrogens is 3. The van der Waals surface area contributed by atoms with E-state index in [1.165, 1.54) is 7.05 Å². The molecular weight excluding hydrogens is 213 g/mol. The van der Waals surface area contributed by atoms with Gasteiger partial charge in [-0.2, -0.15) is 9.90 Å². The van der Waals surface area contributed by atoms with Gasteiger partial charge in [-0.25, -0.2) is 4.79 Å². The summed E-state index contributed by atoms with van der Waals surface area (Å²) in [5, 5.41) is 25.4. The molecule has 2 N–H and O–H groups in total. The van der Waals surface area contributed by atoms with E-state index in [-0.39, 0.29) is 11.3 Å². The second-order valence-electron chi connectivity index (χ2n) is 4.30. The van der Waals surface area contributed by atoms with Gasteiger partial charge in [-0.1, -0.05) is 0 Å². The molecule has 0 saturated carbocycles. The zero-order valence-electron chi connectivity index (χ0n) is 9.63. The minimum Gasteiger partial charge on any atom is -0.455 e. The highest BCUT2D eigenvalue weighted by molar-refractivity contribution is 6.59. The summed E-state index contributed by atoms with van der Waals surface area (Å²) in [5.41, 5.74) is -1.07. The first kappa shape index (κ1) is 12.7. The highest BCUT2D eigenvalue weighted by Gasteiger charge is 2.29. The molecule has 0 aliphatic carbocycles. The van der Waals surface area contributed by atoms with E-state index in [1.54, 1.807) is 20.8 Å². The highest BCUT2D eigenvalue weighted by Crippen LogP contribution is 2.09. The summed E-state index contributed by atoms with van der Waals surface area (Å²) >= 11 is 0. The number of esters is 1. The van der Waals surface area contributed by atoms with Gasteiger partial charge in [0.1, 0.15) is 11.2 Å². The Morgan fingerprint density at radius 3 is 2.38 bits per heavy atom. The lowest BCUT2D eigenvalue weighted by atomic mass is 9.84. The van der Waals surface area contributed by atoms with E-state index in [0.717, 1.165) is 4.80 Å². The molecule has 1 aromatic rings. The van der Waals surface area contributed by atoms with Gasteiger partial charge in [0, 0.05) is 7.05 Å². The van der Waals surface area contributed by atoms with Crippen LogP contribution in [0.3, 0.4) is 0 Å². The maximum atomic E-state index is 11.6. The fraction of sp³-hybridized carbons (Fsp3) is 0.625. The van der Waals surface area contributed by atoms with E-state index in [4.69, 9.17) is 14.8 Å². The van der Waals surface area contributed by atoms with Gasteiger partial charge in [0.05, 0.1) is 0 Å². The minimum absolute atomic E-state index is 0.188. The van der Waals surface area contributed by atoms with Gasteiger partial charge < -0.3 is 14.8 Å². The first-order valence-electron chi connectivity index (χ1n) is 4.71. The average Bonchev–Trinajstić information content (AvgIpc) is 2.44. The van der Waals surface area contributed by atoms with Crippen molar-refractivity contribution >= 4 is 18.7 Å². The second kappa shape index (κ2) is 4.22. The maximum absolute atomic E-state index is 11.6. The normalized spacial score (nSPS) is 11.4. The second-order valence-corrected chi connectivity index (χ2v) is 4.30. The molecule has 7 nitrogen and oxygen atoms in total. The lowest BCUT2D eigenvalue weighted by molar-refractivity contribution is 0.00631. The van der Waals surface area contributed by atoms with Gasteiger partial charge in [0.25, 0.3) is 0 Å². The molecule has 0 bridgehead atoms. The van der Waals surface area contributed by atoms with Crippen LogP contribution >= 0.6 is 0 Å². The maximum Gasteiger partial charge on any atom is 0.512 e. The Hall–Kier alpha value is -1.41. The molecule has 0 aliphatic rings. The van der Waals surface area contributed by atoms with Crippen LogP contribution in [0, 0.1) is 0 Å². The Morgan fingerprint density at radius 2 is 1.94 bits per heavy atom. The molecular formula is C8H14BN3O4. The largest absolute Gasteiger partial charge is 0.512 e. The van der Waals surface area contributed by atoms with Crippen LogP contribution in [0.1, 0.15) is 31.3 Å². The molecule has 0 atom stereocenters. The number of aryl methyl sites for hydroxylation is 1. The summed E-state index contributed by atoms with van der Waals surface area (Å²) in [6.45, 7) is 5.11. The van der Waals surface area contributed by atoms with E-state index >= 15 is 0 Å². The minimum atomic E-state index is -1.85. The summed E-state index contributed by atoms with van der Waals surface area (Å²) in [6.07, 6.45) is 0. The van der Waals surface area contributed by atoms with Crippen LogP contribution in [-0.4, -0.2) is 43.7 Å². The third kappa shape index (κ3) is 3.04. The summed E-state index contributed by atoms with van der Waals surface area (Å²) < 4.78 is 5.05. The van der Waals surface area contributed by atoms with Crippen molar-refractivity contribution < 1.29 is 19.6 Å². The Balaban J connectivity index is 2.99. The van der Waals surface area contributed by atoms with Crippen molar-refractivity contribution in [2.75, 3.05) is 0 Å². The molecule has 0 saturated heterocycles. The first-order valence-corrected chi connectivity index (χ1v) is 4.71. The summed E-state index contributed by atoms with van der Waals surface area (Å²) in [7, 11) is -0.379. The number of ether oxygens (including phenoxy) is 1. The van der Waals surface area contributed by atoms with Crippen molar-refractivity contribution in [3.63, 3.8) is 0 Å². The van der Waals surface area contributed by atoms with Crippen LogP contribution in [0.2, 0.25) is 0 Å². The fourth-order valence-electron chi connectivity index (χ4n) is 1.07. The molecule has 1 heterocycles. The number of carbonyl (C=O) groups excluding carboxylic acids is 1. The summed E-state index contributed by atoms with van der Waals surface area (Å²) in [6, 6.07) is 0. The molecule has 88 valence electrons. The SMILES string of the molecule is Cn1nc(B(O)O)c(C(=O)OC(C)(C)C)n1. The average molecular weight is 227 g/mol. The third-order valence-electron chi connectivity index (χ3n) is 1.58. The molecule has 0 radical (unpaired) electrons. The fourth-order valence-corrected chi connectivity index (χ4v) is 1.07. The van der Waals surface area contributed by atoms with E-state index < -0.39 is 18.7 Å². The van der Waals surface area contributed by atoms with Crippen molar-refractivity contribution in [3.8, 4) is 0 Å². The van der Waals surface area contributed by atoms with Crippen molar-refractivity contribution in [3.05, 3.63) is 5.69 Å². The van der Waals surface area contributed by atoms with Crippen LogP contribution < -0.4 is 5.59 Å². The standard InChI is InChI=1S/C8H14BN3O4/c1-8(2,3)16-7(13)5-6(9(14)15)11-12(4)10-5/h14-15H,1-4H3. The third-order valence-corrected chi connectivity index (χ3v) is 1.58. The van der Waals surface area contributed by atoms with Gasteiger partial charge in [0.15, 0.2) is 5.69 Å². The van der Waals surface area contributed by atoms with Gasteiger partial charge in [-0.3, -0.25) is 0 Å². The molecule has 16 heavy (non-hydrogen) atoms. The number of nitrogens with zero attached hydrogens (tertiary/aromatic N) is 3. The predicted octanol–water partition coefficient (Wildman–Crippen LogP) is -1.55. The number of carbonyl (C=O) groups is 1. The van der Waals surface area contributed by atoms with Crippen molar-refractivity contribution in [2.45, 2.75) is 26.4 Å². The van der Waals surface area contributed by atoms with Crippen molar-refractivity contribution in [2.24, 2.45) is 7.05 Å². The van der Waals surface area contributed by atoms with Crippen LogP contribution in [0.4, 0.5) is 0 Å². The van der Waals surface area contributed by atoms with Crippen molar-refractivity contribution in [1.29, 1.82) is 0 Å². The van der Waals surface area contributed by atoms with E-state index in [9.17, 15) is 4.79 Å². The van der Waals surface area contributed by atoms with E-state index in [0.29, 0.717) is 0 Å². The van der Waals surface area contributed by atoms with E-state index in [1.807, 2.05) is 0 Å². The van der Waals surface area contributed by atoms with Crippen LogP contribution in [0.5, 0.6) is 0 Å². The first-order chi connectivity index (χ1) is 7.20. The molecule has 0 fully saturated rings. The monoisotopic (exact) mass is 227 g/mol. The lowest BCUT2D eigenvalue weighted by Gasteiger charge is -2.18. The molecule has 0 amide bonds. The zero-order valence-corrected chi connectivity index (χ0v) is 9.63. The predicted molar refractivity (Wildman–Crippen MR) is 56.0 cm³/mol. The number of hydrogen-bond acceptors (Lipinski definition) is 6. The smallest absolute Gasteiger partial charge is 0.455 e. The molecule has 1 aromatic heterocycles. The van der Waals surface area contributed by atoms with Crippen LogP contribution in [0.15, 0.2) is 0 Å². The Labute approximate surface area is 93.2 Å². The topological polar surface area (TPSA) is 97.5 Å². The van der Waals surface area contributed by atoms with Crippen LogP contribution in [0.25, 0.3) is 0 Å². The Morgan fingerprint density at radius 1 is 1.38 bits per heavy atom. The number of rotatable bonds is 2. The Bertz CT molecular complexity index is 396. The van der Waals surface area contributed by atoms with E-state index in [2.05, 4.69) is 10.2 Å². The zero-order chi connectivity index (χ0) is 12.5. The molecule has 0 unspecified atom stereocenters. The molecule has 0 aliphatic heterocycles. The summed E-state index contributed by atoms with van der Waals surface area (Å²) in [4.78, 5) is 12.7. The van der Waals surface area contributed by atoms with Gasteiger partial charge in [0.2, 0.25) is 0 Å².